The Balaban J connectivity index is 0.00000108. The van der Waals surface area contributed by atoms with E-state index in [0.29, 0.717) is 42.7 Å². The Morgan fingerprint density at radius 2 is 1.80 bits per heavy atom. The summed E-state index contributed by atoms with van der Waals surface area (Å²) in [4.78, 5) is 32.8. The standard InChI is InChI=1S/C25H28N8O4.C2H4O2/c1-3-36-20-15-17(7-10-19(20)37-14-13-35-2)21(30-18-8-5-16(6-9-18)22(26)27)23-31-25(34)33(32-23)24-28-11-4-12-29-24;1-2(3)4/h4-12,15,21,30H,3,13-14H2,1-2H3,(H3,26,27)(H,31,32,34);1H3,(H,3,4). The molecule has 0 radical (unpaired) electrons. The molecule has 0 aliphatic rings. The van der Waals surface area contributed by atoms with Crippen molar-refractivity contribution in [3.8, 4) is 17.4 Å². The molecule has 0 saturated carbocycles. The fraction of sp³-hybridized carbons (Fsp3) is 0.259. The normalized spacial score (nSPS) is 11.1. The van der Waals surface area contributed by atoms with Crippen molar-refractivity contribution in [3.63, 3.8) is 0 Å². The van der Waals surface area contributed by atoms with E-state index in [1.807, 2.05) is 19.1 Å². The van der Waals surface area contributed by atoms with Crippen molar-refractivity contribution in [2.45, 2.75) is 19.9 Å². The predicted molar refractivity (Wildman–Crippen MR) is 151 cm³/mol. The Hall–Kier alpha value is -5.24. The average Bonchev–Trinajstić information content (AvgIpc) is 3.34. The van der Waals surface area contributed by atoms with Gasteiger partial charge in [-0.1, -0.05) is 6.07 Å². The maximum atomic E-state index is 12.8. The molecule has 0 saturated heterocycles. The van der Waals surface area contributed by atoms with Crippen LogP contribution in [0.15, 0.2) is 65.7 Å². The van der Waals surface area contributed by atoms with Crippen LogP contribution in [0.4, 0.5) is 5.69 Å². The number of nitrogen functional groups attached to an aromatic ring is 1. The van der Waals surface area contributed by atoms with Crippen LogP contribution in [0.5, 0.6) is 11.5 Å². The number of benzene rings is 2. The van der Waals surface area contributed by atoms with Gasteiger partial charge in [0, 0.05) is 37.7 Å². The molecule has 4 rings (SSSR count). The van der Waals surface area contributed by atoms with E-state index in [1.165, 1.54) is 12.4 Å². The number of aromatic nitrogens is 5. The topological polar surface area (TPSA) is 203 Å². The van der Waals surface area contributed by atoms with Gasteiger partial charge in [0.2, 0.25) is 0 Å². The molecule has 6 N–H and O–H groups in total. The number of hydrogen-bond donors (Lipinski definition) is 5. The van der Waals surface area contributed by atoms with Gasteiger partial charge in [-0.15, -0.1) is 9.78 Å². The molecule has 1 unspecified atom stereocenters. The van der Waals surface area contributed by atoms with Crippen LogP contribution in [-0.4, -0.2) is 68.6 Å². The zero-order valence-corrected chi connectivity index (χ0v) is 22.8. The first-order chi connectivity index (χ1) is 19.7. The monoisotopic (exact) mass is 564 g/mol. The molecule has 41 heavy (non-hydrogen) atoms. The lowest BCUT2D eigenvalue weighted by Crippen LogP contribution is -2.18. The fourth-order valence-electron chi connectivity index (χ4n) is 3.56. The molecule has 2 aromatic heterocycles. The Labute approximate surface area is 235 Å². The maximum Gasteiger partial charge on any atom is 0.350 e. The van der Waals surface area contributed by atoms with Crippen molar-refractivity contribution >= 4 is 17.5 Å². The molecule has 14 heteroatoms. The lowest BCUT2D eigenvalue weighted by atomic mass is 10.0. The Bertz CT molecular complexity index is 1480. The molecular formula is C27H32N8O6. The predicted octanol–water partition coefficient (Wildman–Crippen LogP) is 2.35. The molecule has 0 aliphatic carbocycles. The SMILES string of the molecule is CC(=O)O.CCOc1cc(C(Nc2ccc(C(=N)N)cc2)c2nn(-c3ncccn3)c(=O)[nH]2)ccc1OCCOC. The van der Waals surface area contributed by atoms with Crippen molar-refractivity contribution in [1.82, 2.24) is 24.7 Å². The van der Waals surface area contributed by atoms with Crippen LogP contribution in [0.25, 0.3) is 5.95 Å². The molecule has 14 nitrogen and oxygen atoms in total. The number of carboxylic acids is 1. The van der Waals surface area contributed by atoms with Crippen LogP contribution in [0.2, 0.25) is 0 Å². The summed E-state index contributed by atoms with van der Waals surface area (Å²) in [5.41, 5.74) is 7.18. The van der Waals surface area contributed by atoms with Gasteiger partial charge in [-0.05, 0) is 55.0 Å². The number of methoxy groups -OCH3 is 1. The third-order valence-electron chi connectivity index (χ3n) is 5.30. The van der Waals surface area contributed by atoms with E-state index in [4.69, 9.17) is 35.3 Å². The first kappa shape index (κ1) is 30.3. The van der Waals surface area contributed by atoms with Crippen molar-refractivity contribution in [1.29, 1.82) is 5.41 Å². The zero-order valence-electron chi connectivity index (χ0n) is 22.8. The second kappa shape index (κ2) is 14.8. The quantitative estimate of drug-likeness (QED) is 0.0959. The van der Waals surface area contributed by atoms with Crippen LogP contribution in [0.3, 0.4) is 0 Å². The van der Waals surface area contributed by atoms with E-state index in [-0.39, 0.29) is 11.8 Å². The third-order valence-corrected chi connectivity index (χ3v) is 5.30. The number of H-pyrrole nitrogens is 1. The number of carboxylic acid groups (broad SMARTS) is 1. The van der Waals surface area contributed by atoms with Gasteiger partial charge in [0.1, 0.15) is 18.5 Å². The van der Waals surface area contributed by atoms with Crippen LogP contribution in [-0.2, 0) is 9.53 Å². The molecular weight excluding hydrogens is 532 g/mol. The van der Waals surface area contributed by atoms with Crippen molar-refractivity contribution in [2.24, 2.45) is 5.73 Å². The summed E-state index contributed by atoms with van der Waals surface area (Å²) in [6.45, 7) is 4.21. The number of hydrogen-bond acceptors (Lipinski definition) is 10. The lowest BCUT2D eigenvalue weighted by Gasteiger charge is -2.20. The van der Waals surface area contributed by atoms with E-state index in [9.17, 15) is 4.79 Å². The number of amidine groups is 1. The van der Waals surface area contributed by atoms with Crippen LogP contribution >= 0.6 is 0 Å². The number of anilines is 1. The molecule has 0 aliphatic heterocycles. The molecule has 0 spiro atoms. The van der Waals surface area contributed by atoms with Gasteiger partial charge >= 0.3 is 5.69 Å². The summed E-state index contributed by atoms with van der Waals surface area (Å²) in [5, 5.41) is 22.9. The summed E-state index contributed by atoms with van der Waals surface area (Å²) in [6, 6.07) is 13.6. The van der Waals surface area contributed by atoms with Gasteiger partial charge in [0.25, 0.3) is 11.9 Å². The Morgan fingerprint density at radius 3 is 2.41 bits per heavy atom. The third kappa shape index (κ3) is 8.63. The van der Waals surface area contributed by atoms with Crippen LogP contribution in [0.1, 0.15) is 36.8 Å². The van der Waals surface area contributed by atoms with E-state index in [0.717, 1.165) is 22.9 Å². The highest BCUT2D eigenvalue weighted by atomic mass is 16.5. The van der Waals surface area contributed by atoms with Gasteiger partial charge in [-0.3, -0.25) is 15.2 Å². The van der Waals surface area contributed by atoms with Crippen LogP contribution in [0, 0.1) is 5.41 Å². The summed E-state index contributed by atoms with van der Waals surface area (Å²) < 4.78 is 17.8. The van der Waals surface area contributed by atoms with Crippen LogP contribution < -0.4 is 26.2 Å². The van der Waals surface area contributed by atoms with Crippen molar-refractivity contribution < 1.29 is 24.1 Å². The van der Waals surface area contributed by atoms with E-state index in [1.54, 1.807) is 43.5 Å². The molecule has 2 heterocycles. The molecule has 0 amide bonds. The fourth-order valence-corrected chi connectivity index (χ4v) is 3.56. The number of rotatable bonds is 12. The number of nitrogens with zero attached hydrogens (tertiary/aromatic N) is 4. The number of nitrogens with one attached hydrogen (secondary N) is 3. The number of aliphatic carboxylic acids is 1. The minimum Gasteiger partial charge on any atom is -0.490 e. The van der Waals surface area contributed by atoms with Gasteiger partial charge in [-0.2, -0.15) is 0 Å². The largest absolute Gasteiger partial charge is 0.490 e. The van der Waals surface area contributed by atoms with E-state index < -0.39 is 17.7 Å². The van der Waals surface area contributed by atoms with Gasteiger partial charge in [0.05, 0.1) is 13.2 Å². The molecule has 2 aromatic carbocycles. The number of aromatic amines is 1. The second-order valence-electron chi connectivity index (χ2n) is 8.34. The zero-order chi connectivity index (χ0) is 29.8. The second-order valence-corrected chi connectivity index (χ2v) is 8.34. The van der Waals surface area contributed by atoms with Gasteiger partial charge in [0.15, 0.2) is 17.3 Å². The molecule has 0 fully saturated rings. The van der Waals surface area contributed by atoms with E-state index in [2.05, 4.69) is 25.4 Å². The Kier molecular flexibility index (Phi) is 10.9. The number of carbonyl (C=O) groups is 1. The van der Waals surface area contributed by atoms with Crippen molar-refractivity contribution in [2.75, 3.05) is 32.2 Å². The molecule has 0 bridgehead atoms. The highest BCUT2D eigenvalue weighted by Crippen LogP contribution is 2.33. The summed E-state index contributed by atoms with van der Waals surface area (Å²) in [5.74, 6) is 0.742. The molecule has 216 valence electrons. The smallest absolute Gasteiger partial charge is 0.350 e. The minimum atomic E-state index is -0.833. The first-order valence-electron chi connectivity index (χ1n) is 12.5. The molecule has 1 atom stereocenters. The number of ether oxygens (including phenoxy) is 3. The summed E-state index contributed by atoms with van der Waals surface area (Å²) in [6.07, 6.45) is 3.07. The highest BCUT2D eigenvalue weighted by Gasteiger charge is 2.23. The molecule has 4 aromatic rings. The highest BCUT2D eigenvalue weighted by molar-refractivity contribution is 5.95. The minimum absolute atomic E-state index is 0.0283. The van der Waals surface area contributed by atoms with Gasteiger partial charge < -0.3 is 30.4 Å². The average molecular weight is 565 g/mol. The van der Waals surface area contributed by atoms with Crippen molar-refractivity contribution in [3.05, 3.63) is 88.4 Å². The van der Waals surface area contributed by atoms with Gasteiger partial charge in [-0.25, -0.2) is 14.8 Å². The van der Waals surface area contributed by atoms with E-state index >= 15 is 0 Å². The summed E-state index contributed by atoms with van der Waals surface area (Å²) >= 11 is 0. The summed E-state index contributed by atoms with van der Waals surface area (Å²) in [7, 11) is 1.61. The first-order valence-corrected chi connectivity index (χ1v) is 12.5. The Morgan fingerprint density at radius 1 is 1.12 bits per heavy atom. The number of nitrogens with two attached hydrogens (primary N) is 1. The maximum absolute atomic E-state index is 12.8. The lowest BCUT2D eigenvalue weighted by molar-refractivity contribution is -0.134.